The maximum absolute atomic E-state index is 14.0. The number of aryl methyl sites for hydroxylation is 1. The van der Waals surface area contributed by atoms with Gasteiger partial charge in [-0.25, -0.2) is 4.39 Å². The fraction of sp³-hybridized carbons (Fsp3) is 0.200. The van der Waals surface area contributed by atoms with Crippen LogP contribution in [0.5, 0.6) is 11.5 Å². The molecule has 0 atom stereocenters. The van der Waals surface area contributed by atoms with Crippen molar-refractivity contribution in [3.8, 4) is 22.6 Å². The Balaban J connectivity index is 2.67. The normalized spacial score (nSPS) is 10.5. The zero-order valence-electron chi connectivity index (χ0n) is 13.3. The van der Waals surface area contributed by atoms with Gasteiger partial charge in [-0.1, -0.05) is 25.1 Å². The molecule has 2 N–H and O–H groups in total. The summed E-state index contributed by atoms with van der Waals surface area (Å²) in [5.74, 6) is -0.950. The summed E-state index contributed by atoms with van der Waals surface area (Å²) in [6.07, 6.45) is 5.01. The molecular weight excluding hydrogens is 291 g/mol. The van der Waals surface area contributed by atoms with Crippen LogP contribution in [0.3, 0.4) is 0 Å². The molecule has 0 unspecified atom stereocenters. The molecule has 0 aliphatic carbocycles. The SMILES string of the molecule is C=CCc1cc(-c2cc(CC)cc(CC=C)c2O)cc(F)c1O. The lowest BCUT2D eigenvalue weighted by Crippen LogP contribution is -1.94. The number of benzene rings is 2. The first-order valence-electron chi connectivity index (χ1n) is 7.60. The highest BCUT2D eigenvalue weighted by Crippen LogP contribution is 2.37. The lowest BCUT2D eigenvalue weighted by Gasteiger charge is -2.14. The van der Waals surface area contributed by atoms with E-state index in [4.69, 9.17) is 0 Å². The molecule has 0 amide bonds. The Morgan fingerprint density at radius 3 is 2.13 bits per heavy atom. The first kappa shape index (κ1) is 16.8. The molecule has 2 nitrogen and oxygen atoms in total. The van der Waals surface area contributed by atoms with E-state index in [0.29, 0.717) is 29.5 Å². The topological polar surface area (TPSA) is 40.5 Å². The van der Waals surface area contributed by atoms with Crippen molar-refractivity contribution in [2.45, 2.75) is 26.2 Å². The molecule has 2 aromatic carbocycles. The lowest BCUT2D eigenvalue weighted by atomic mass is 9.94. The van der Waals surface area contributed by atoms with E-state index in [1.54, 1.807) is 18.2 Å². The van der Waals surface area contributed by atoms with Crippen LogP contribution in [0.1, 0.15) is 23.6 Å². The highest BCUT2D eigenvalue weighted by molar-refractivity contribution is 5.74. The van der Waals surface area contributed by atoms with E-state index in [0.717, 1.165) is 17.5 Å². The van der Waals surface area contributed by atoms with Crippen LogP contribution in [-0.2, 0) is 19.3 Å². The molecule has 0 saturated carbocycles. The Hall–Kier alpha value is -2.55. The van der Waals surface area contributed by atoms with Crippen molar-refractivity contribution in [1.82, 2.24) is 0 Å². The first-order valence-corrected chi connectivity index (χ1v) is 7.60. The Labute approximate surface area is 136 Å². The fourth-order valence-corrected chi connectivity index (χ4v) is 2.62. The maximum Gasteiger partial charge on any atom is 0.165 e. The van der Waals surface area contributed by atoms with Gasteiger partial charge in [-0.15, -0.1) is 13.2 Å². The minimum absolute atomic E-state index is 0.122. The van der Waals surface area contributed by atoms with Crippen LogP contribution in [0.15, 0.2) is 49.6 Å². The molecule has 0 saturated heterocycles. The number of halogens is 1. The molecule has 0 aliphatic heterocycles. The first-order chi connectivity index (χ1) is 11.0. The minimum Gasteiger partial charge on any atom is -0.507 e. The molecule has 2 rings (SSSR count). The van der Waals surface area contributed by atoms with E-state index < -0.39 is 5.82 Å². The summed E-state index contributed by atoms with van der Waals surface area (Å²) in [5.41, 5.74) is 3.35. The quantitative estimate of drug-likeness (QED) is 0.743. The summed E-state index contributed by atoms with van der Waals surface area (Å²) in [7, 11) is 0. The Kier molecular flexibility index (Phi) is 5.22. The molecule has 0 aliphatic rings. The molecule has 3 heteroatoms. The summed E-state index contributed by atoms with van der Waals surface area (Å²) in [4.78, 5) is 0. The van der Waals surface area contributed by atoms with Gasteiger partial charge in [-0.05, 0) is 54.2 Å². The van der Waals surface area contributed by atoms with Crippen LogP contribution in [0.4, 0.5) is 4.39 Å². The monoisotopic (exact) mass is 312 g/mol. The third kappa shape index (κ3) is 3.45. The summed E-state index contributed by atoms with van der Waals surface area (Å²) < 4.78 is 14.0. The predicted molar refractivity (Wildman–Crippen MR) is 92.3 cm³/mol. The predicted octanol–water partition coefficient (Wildman–Crippen LogP) is 4.92. The van der Waals surface area contributed by atoms with Crippen LogP contribution in [0.25, 0.3) is 11.1 Å². The van der Waals surface area contributed by atoms with Crippen molar-refractivity contribution in [1.29, 1.82) is 0 Å². The average Bonchev–Trinajstić information content (AvgIpc) is 2.54. The molecule has 2 aromatic rings. The van der Waals surface area contributed by atoms with Gasteiger partial charge in [-0.3, -0.25) is 0 Å². The van der Waals surface area contributed by atoms with Crippen LogP contribution >= 0.6 is 0 Å². The minimum atomic E-state index is -0.703. The van der Waals surface area contributed by atoms with Gasteiger partial charge in [0, 0.05) is 11.1 Å². The van der Waals surface area contributed by atoms with E-state index in [9.17, 15) is 14.6 Å². The maximum atomic E-state index is 14.0. The summed E-state index contributed by atoms with van der Waals surface area (Å²) in [6.45, 7) is 9.34. The van der Waals surface area contributed by atoms with Gasteiger partial charge in [0.2, 0.25) is 0 Å². The Morgan fingerprint density at radius 2 is 1.57 bits per heavy atom. The number of allylic oxidation sites excluding steroid dienone is 2. The van der Waals surface area contributed by atoms with Crippen molar-refractivity contribution >= 4 is 0 Å². The second-order valence-corrected chi connectivity index (χ2v) is 5.46. The van der Waals surface area contributed by atoms with Gasteiger partial charge < -0.3 is 10.2 Å². The average molecular weight is 312 g/mol. The smallest absolute Gasteiger partial charge is 0.165 e. The Morgan fingerprint density at radius 1 is 0.957 bits per heavy atom. The van der Waals surface area contributed by atoms with Gasteiger partial charge in [0.25, 0.3) is 0 Å². The van der Waals surface area contributed by atoms with Crippen molar-refractivity contribution in [2.75, 3.05) is 0 Å². The molecule has 0 heterocycles. The van der Waals surface area contributed by atoms with E-state index in [2.05, 4.69) is 13.2 Å². The van der Waals surface area contributed by atoms with Crippen LogP contribution in [-0.4, -0.2) is 10.2 Å². The van der Waals surface area contributed by atoms with E-state index >= 15 is 0 Å². The summed E-state index contributed by atoms with van der Waals surface area (Å²) in [5, 5.41) is 20.3. The number of aromatic hydroxyl groups is 2. The molecule has 23 heavy (non-hydrogen) atoms. The molecule has 0 radical (unpaired) electrons. The number of rotatable bonds is 6. The van der Waals surface area contributed by atoms with E-state index in [1.165, 1.54) is 6.07 Å². The Bertz CT molecular complexity index is 748. The largest absolute Gasteiger partial charge is 0.507 e. The zero-order valence-corrected chi connectivity index (χ0v) is 13.3. The standard InChI is InChI=1S/C20H21FO2/c1-4-7-14-9-13(6-3)10-17(19(14)22)16-11-15(8-5-2)20(23)18(21)12-16/h4-5,9-12,22-23H,1-2,6-8H2,3H3. The van der Waals surface area contributed by atoms with E-state index in [1.807, 2.05) is 19.1 Å². The molecular formula is C20H21FO2. The number of phenolic OH excluding ortho intramolecular Hbond substituents is 2. The molecule has 0 aromatic heterocycles. The van der Waals surface area contributed by atoms with Crippen molar-refractivity contribution in [2.24, 2.45) is 0 Å². The fourth-order valence-electron chi connectivity index (χ4n) is 2.62. The van der Waals surface area contributed by atoms with Gasteiger partial charge in [0.15, 0.2) is 11.6 Å². The van der Waals surface area contributed by atoms with Crippen molar-refractivity contribution < 1.29 is 14.6 Å². The summed E-state index contributed by atoms with van der Waals surface area (Å²) in [6, 6.07) is 6.72. The number of phenols is 2. The van der Waals surface area contributed by atoms with Crippen molar-refractivity contribution in [3.63, 3.8) is 0 Å². The summed E-state index contributed by atoms with van der Waals surface area (Å²) >= 11 is 0. The lowest BCUT2D eigenvalue weighted by molar-refractivity contribution is 0.427. The number of hydrogen-bond donors (Lipinski definition) is 2. The second kappa shape index (κ2) is 7.14. The molecule has 0 spiro atoms. The molecule has 0 fully saturated rings. The highest BCUT2D eigenvalue weighted by atomic mass is 19.1. The van der Waals surface area contributed by atoms with Gasteiger partial charge in [0.1, 0.15) is 5.75 Å². The van der Waals surface area contributed by atoms with E-state index in [-0.39, 0.29) is 11.5 Å². The van der Waals surface area contributed by atoms with Gasteiger partial charge in [0.05, 0.1) is 0 Å². The molecule has 120 valence electrons. The van der Waals surface area contributed by atoms with Crippen molar-refractivity contribution in [3.05, 3.63) is 72.1 Å². The van der Waals surface area contributed by atoms with Crippen LogP contribution in [0.2, 0.25) is 0 Å². The van der Waals surface area contributed by atoms with Gasteiger partial charge in [-0.2, -0.15) is 0 Å². The van der Waals surface area contributed by atoms with Crippen LogP contribution < -0.4 is 0 Å². The van der Waals surface area contributed by atoms with Crippen LogP contribution in [0, 0.1) is 5.82 Å². The highest BCUT2D eigenvalue weighted by Gasteiger charge is 2.15. The zero-order chi connectivity index (χ0) is 17.0. The number of hydrogen-bond acceptors (Lipinski definition) is 2. The third-order valence-electron chi connectivity index (χ3n) is 3.84. The van der Waals surface area contributed by atoms with Gasteiger partial charge >= 0.3 is 0 Å². The third-order valence-corrected chi connectivity index (χ3v) is 3.84. The molecule has 0 bridgehead atoms. The second-order valence-electron chi connectivity index (χ2n) is 5.46.